The van der Waals surface area contributed by atoms with Crippen LogP contribution in [0.25, 0.3) is 11.5 Å². The van der Waals surface area contributed by atoms with E-state index in [4.69, 9.17) is 4.42 Å². The summed E-state index contributed by atoms with van der Waals surface area (Å²) in [4.78, 5) is 4.52. The van der Waals surface area contributed by atoms with Crippen LogP contribution in [0.1, 0.15) is 36.6 Å². The second-order valence-corrected chi connectivity index (χ2v) is 10.2. The fraction of sp³-hybridized carbons (Fsp3) is 0.333. The molecular formula is C24H26N4O3S. The fourth-order valence-corrected chi connectivity index (χ4v) is 5.14. The summed E-state index contributed by atoms with van der Waals surface area (Å²) in [7, 11) is -3.52. The average Bonchev–Trinajstić information content (AvgIpc) is 3.22. The molecule has 4 rings (SSSR count). The van der Waals surface area contributed by atoms with Gasteiger partial charge in [-0.15, -0.1) is 0 Å². The number of rotatable bonds is 6. The van der Waals surface area contributed by atoms with Gasteiger partial charge in [0, 0.05) is 25.2 Å². The molecule has 0 radical (unpaired) electrons. The number of anilines is 1. The normalized spacial score (nSPS) is 15.4. The van der Waals surface area contributed by atoms with E-state index in [9.17, 15) is 13.7 Å². The van der Waals surface area contributed by atoms with Crippen molar-refractivity contribution < 1.29 is 12.8 Å². The number of nitriles is 1. The molecule has 8 heteroatoms. The molecule has 0 amide bonds. The summed E-state index contributed by atoms with van der Waals surface area (Å²) in [5.41, 5.74) is 3.00. The van der Waals surface area contributed by atoms with Gasteiger partial charge in [-0.1, -0.05) is 36.8 Å². The lowest BCUT2D eigenvalue weighted by atomic mass is 10.0. The van der Waals surface area contributed by atoms with E-state index in [2.05, 4.69) is 17.2 Å². The zero-order valence-corrected chi connectivity index (χ0v) is 19.0. The number of benzene rings is 2. The third-order valence-electron chi connectivity index (χ3n) is 5.79. The second-order valence-electron chi connectivity index (χ2n) is 8.26. The van der Waals surface area contributed by atoms with Crippen LogP contribution in [-0.2, 0) is 16.6 Å². The van der Waals surface area contributed by atoms with E-state index in [0.29, 0.717) is 37.0 Å². The first-order valence-electron chi connectivity index (χ1n) is 10.7. The first kappa shape index (κ1) is 22.1. The van der Waals surface area contributed by atoms with Gasteiger partial charge in [0.05, 0.1) is 4.90 Å². The molecule has 0 bridgehead atoms. The highest BCUT2D eigenvalue weighted by molar-refractivity contribution is 7.89. The quantitative estimate of drug-likeness (QED) is 0.591. The van der Waals surface area contributed by atoms with Gasteiger partial charge in [-0.25, -0.2) is 8.42 Å². The van der Waals surface area contributed by atoms with Gasteiger partial charge in [-0.2, -0.15) is 14.6 Å². The van der Waals surface area contributed by atoms with Gasteiger partial charge in [-0.05, 0) is 55.5 Å². The molecular weight excluding hydrogens is 424 g/mol. The standard InChI is InChI=1S/C24H26N4O3S/c1-17-3-5-19(6-4-17)16-26-24-22(15-25)27-23(31-24)20-7-9-21(10-8-20)32(29,30)28-13-11-18(2)12-14-28/h3-10,18,26H,11-14,16H2,1-2H3. The summed E-state index contributed by atoms with van der Waals surface area (Å²) in [6.07, 6.45) is 1.76. The number of hydrogen-bond acceptors (Lipinski definition) is 6. The smallest absolute Gasteiger partial charge is 0.243 e. The van der Waals surface area contributed by atoms with Gasteiger partial charge in [0.2, 0.25) is 27.5 Å². The molecule has 3 aromatic rings. The summed E-state index contributed by atoms with van der Waals surface area (Å²) in [6, 6.07) is 16.6. The summed E-state index contributed by atoms with van der Waals surface area (Å²) >= 11 is 0. The third-order valence-corrected chi connectivity index (χ3v) is 7.70. The Morgan fingerprint density at radius 1 is 1.12 bits per heavy atom. The minimum absolute atomic E-state index is 0.159. The Labute approximate surface area is 188 Å². The molecule has 0 atom stereocenters. The first-order chi connectivity index (χ1) is 15.4. The maximum atomic E-state index is 12.9. The van der Waals surface area contributed by atoms with Crippen LogP contribution < -0.4 is 5.32 Å². The van der Waals surface area contributed by atoms with E-state index >= 15 is 0 Å². The summed E-state index contributed by atoms with van der Waals surface area (Å²) in [6.45, 7) is 5.76. The number of piperidine rings is 1. The fourth-order valence-electron chi connectivity index (χ4n) is 3.67. The average molecular weight is 451 g/mol. The number of hydrogen-bond donors (Lipinski definition) is 1. The molecule has 1 fully saturated rings. The number of sulfonamides is 1. The molecule has 1 aromatic heterocycles. The summed E-state index contributed by atoms with van der Waals surface area (Å²) in [5.74, 6) is 1.11. The van der Waals surface area contributed by atoms with Crippen molar-refractivity contribution in [1.82, 2.24) is 9.29 Å². The van der Waals surface area contributed by atoms with E-state index in [1.807, 2.05) is 37.3 Å². The Bertz CT molecular complexity index is 1220. The number of nitrogens with one attached hydrogen (secondary N) is 1. The third kappa shape index (κ3) is 4.69. The van der Waals surface area contributed by atoms with Gasteiger partial charge in [0.1, 0.15) is 6.07 Å². The lowest BCUT2D eigenvalue weighted by molar-refractivity contribution is 0.288. The molecule has 32 heavy (non-hydrogen) atoms. The van der Waals surface area contributed by atoms with Crippen molar-refractivity contribution >= 4 is 15.9 Å². The van der Waals surface area contributed by atoms with Crippen LogP contribution in [0.4, 0.5) is 5.88 Å². The lowest BCUT2D eigenvalue weighted by Gasteiger charge is -2.29. The maximum absolute atomic E-state index is 12.9. The molecule has 166 valence electrons. The van der Waals surface area contributed by atoms with E-state index in [1.165, 1.54) is 5.56 Å². The minimum Gasteiger partial charge on any atom is -0.419 e. The molecule has 0 spiro atoms. The number of aryl methyl sites for hydroxylation is 1. The molecule has 0 aliphatic carbocycles. The SMILES string of the molecule is Cc1ccc(CNc2oc(-c3ccc(S(=O)(=O)N4CCC(C)CC4)cc3)nc2C#N)cc1. The minimum atomic E-state index is -3.52. The summed E-state index contributed by atoms with van der Waals surface area (Å²) < 4.78 is 33.2. The van der Waals surface area contributed by atoms with Crippen LogP contribution in [0.3, 0.4) is 0 Å². The van der Waals surface area contributed by atoms with Crippen molar-refractivity contribution in [3.63, 3.8) is 0 Å². The predicted octanol–water partition coefficient (Wildman–Crippen LogP) is 4.55. The monoisotopic (exact) mass is 450 g/mol. The molecule has 1 N–H and O–H groups in total. The molecule has 2 aromatic carbocycles. The maximum Gasteiger partial charge on any atom is 0.243 e. The number of aromatic nitrogens is 1. The molecule has 1 saturated heterocycles. The molecule has 0 saturated carbocycles. The highest BCUT2D eigenvalue weighted by Gasteiger charge is 2.28. The van der Waals surface area contributed by atoms with Crippen LogP contribution in [0.2, 0.25) is 0 Å². The Morgan fingerprint density at radius 2 is 1.78 bits per heavy atom. The van der Waals surface area contributed by atoms with Gasteiger partial charge >= 0.3 is 0 Å². The topological polar surface area (TPSA) is 99.2 Å². The van der Waals surface area contributed by atoms with Gasteiger partial charge in [-0.3, -0.25) is 0 Å². The molecule has 1 aliphatic heterocycles. The van der Waals surface area contributed by atoms with Crippen LogP contribution in [-0.4, -0.2) is 30.8 Å². The molecule has 7 nitrogen and oxygen atoms in total. The van der Waals surface area contributed by atoms with Crippen molar-refractivity contribution in [1.29, 1.82) is 5.26 Å². The first-order valence-corrected chi connectivity index (χ1v) is 12.1. The molecule has 0 unspecified atom stereocenters. The Morgan fingerprint density at radius 3 is 2.41 bits per heavy atom. The Kier molecular flexibility index (Phi) is 6.31. The highest BCUT2D eigenvalue weighted by atomic mass is 32.2. The zero-order chi connectivity index (χ0) is 22.7. The predicted molar refractivity (Wildman–Crippen MR) is 122 cm³/mol. The van der Waals surface area contributed by atoms with E-state index in [0.717, 1.165) is 18.4 Å². The lowest BCUT2D eigenvalue weighted by Crippen LogP contribution is -2.37. The van der Waals surface area contributed by atoms with E-state index in [-0.39, 0.29) is 16.5 Å². The van der Waals surface area contributed by atoms with E-state index in [1.54, 1.807) is 28.6 Å². The summed E-state index contributed by atoms with van der Waals surface area (Å²) in [5, 5.41) is 12.5. The van der Waals surface area contributed by atoms with Crippen LogP contribution in [0.5, 0.6) is 0 Å². The van der Waals surface area contributed by atoms with E-state index < -0.39 is 10.0 Å². The van der Waals surface area contributed by atoms with Crippen molar-refractivity contribution in [2.75, 3.05) is 18.4 Å². The van der Waals surface area contributed by atoms with Crippen molar-refractivity contribution in [3.8, 4) is 17.5 Å². The zero-order valence-electron chi connectivity index (χ0n) is 18.2. The largest absolute Gasteiger partial charge is 0.419 e. The number of oxazole rings is 1. The Balaban J connectivity index is 1.50. The van der Waals surface area contributed by atoms with Crippen LogP contribution in [0, 0.1) is 24.2 Å². The van der Waals surface area contributed by atoms with Crippen LogP contribution >= 0.6 is 0 Å². The highest BCUT2D eigenvalue weighted by Crippen LogP contribution is 2.28. The van der Waals surface area contributed by atoms with Crippen LogP contribution in [0.15, 0.2) is 57.8 Å². The molecule has 1 aliphatic rings. The molecule has 2 heterocycles. The van der Waals surface area contributed by atoms with Crippen molar-refractivity contribution in [2.45, 2.75) is 38.1 Å². The van der Waals surface area contributed by atoms with Gasteiger partial charge in [0.25, 0.3) is 0 Å². The van der Waals surface area contributed by atoms with Gasteiger partial charge < -0.3 is 9.73 Å². The van der Waals surface area contributed by atoms with Crippen molar-refractivity contribution in [2.24, 2.45) is 5.92 Å². The number of nitrogens with zero attached hydrogens (tertiary/aromatic N) is 3. The van der Waals surface area contributed by atoms with Gasteiger partial charge in [0.15, 0.2) is 0 Å². The second kappa shape index (κ2) is 9.15. The Hall–Kier alpha value is -3.15. The van der Waals surface area contributed by atoms with Crippen molar-refractivity contribution in [3.05, 3.63) is 65.4 Å².